The SMILES string of the molecule is COc1cccc(CCC(=O)Nc2sc3c(c2C#N)CCC(OC(=O)NCc2cnoc2C)C3)c1. The van der Waals surface area contributed by atoms with Crippen LogP contribution in [0.4, 0.5) is 9.80 Å². The molecule has 1 unspecified atom stereocenters. The topological polar surface area (TPSA) is 126 Å². The predicted molar refractivity (Wildman–Crippen MR) is 129 cm³/mol. The van der Waals surface area contributed by atoms with Crippen molar-refractivity contribution in [1.29, 1.82) is 5.26 Å². The van der Waals surface area contributed by atoms with Crippen LogP contribution in [0.1, 0.15) is 45.7 Å². The molecule has 2 amide bonds. The molecule has 0 saturated carbocycles. The Hall–Kier alpha value is -3.84. The van der Waals surface area contributed by atoms with E-state index in [1.165, 1.54) is 11.3 Å². The van der Waals surface area contributed by atoms with Crippen molar-refractivity contribution >= 4 is 28.3 Å². The first kappa shape index (κ1) is 24.3. The fourth-order valence-corrected chi connectivity index (χ4v) is 5.27. The first-order chi connectivity index (χ1) is 17.0. The summed E-state index contributed by atoms with van der Waals surface area (Å²) in [6.45, 7) is 2.05. The van der Waals surface area contributed by atoms with E-state index < -0.39 is 6.09 Å². The quantitative estimate of drug-likeness (QED) is 0.478. The summed E-state index contributed by atoms with van der Waals surface area (Å²) in [6, 6.07) is 9.84. The molecule has 0 aliphatic heterocycles. The molecule has 0 radical (unpaired) electrons. The number of fused-ring (bicyclic) bond motifs is 1. The highest BCUT2D eigenvalue weighted by atomic mass is 32.1. The molecule has 3 aromatic rings. The van der Waals surface area contributed by atoms with Gasteiger partial charge in [0.25, 0.3) is 0 Å². The van der Waals surface area contributed by atoms with Crippen molar-refractivity contribution < 1.29 is 23.6 Å². The molecule has 0 fully saturated rings. The number of carbonyl (C=O) groups is 2. The molecule has 1 atom stereocenters. The van der Waals surface area contributed by atoms with E-state index in [0.29, 0.717) is 42.0 Å². The minimum Gasteiger partial charge on any atom is -0.497 e. The summed E-state index contributed by atoms with van der Waals surface area (Å²) < 4.78 is 15.8. The summed E-state index contributed by atoms with van der Waals surface area (Å²) in [5.74, 6) is 1.24. The summed E-state index contributed by atoms with van der Waals surface area (Å²) in [5, 5.41) is 19.6. The average Bonchev–Trinajstić information content (AvgIpc) is 3.43. The van der Waals surface area contributed by atoms with E-state index in [0.717, 1.165) is 27.3 Å². The second-order valence-electron chi connectivity index (χ2n) is 8.25. The lowest BCUT2D eigenvalue weighted by atomic mass is 9.94. The van der Waals surface area contributed by atoms with Gasteiger partial charge in [0.2, 0.25) is 5.91 Å². The van der Waals surface area contributed by atoms with Crippen LogP contribution >= 0.6 is 11.3 Å². The molecule has 10 heteroatoms. The number of alkyl carbamates (subject to hydrolysis) is 1. The number of thiophene rings is 1. The zero-order chi connectivity index (χ0) is 24.8. The highest BCUT2D eigenvalue weighted by molar-refractivity contribution is 7.16. The number of carbonyl (C=O) groups excluding carboxylic acids is 2. The number of hydrogen-bond donors (Lipinski definition) is 2. The fourth-order valence-electron chi connectivity index (χ4n) is 3.99. The summed E-state index contributed by atoms with van der Waals surface area (Å²) in [6.07, 6.45) is 3.33. The minimum atomic E-state index is -0.512. The standard InChI is InChI=1S/C25H26N4O5S/c1-15-17(14-28-34-15)13-27-25(31)33-19-7-8-20-21(12-26)24(35-22(20)11-19)29-23(30)9-6-16-4-3-5-18(10-16)32-2/h3-5,10,14,19H,6-9,11,13H2,1-2H3,(H,27,31)(H,29,30). The second-order valence-corrected chi connectivity index (χ2v) is 9.36. The normalized spacial score (nSPS) is 14.5. The van der Waals surface area contributed by atoms with Gasteiger partial charge in [-0.05, 0) is 49.4 Å². The zero-order valence-corrected chi connectivity index (χ0v) is 20.4. The zero-order valence-electron chi connectivity index (χ0n) is 19.6. The number of amides is 2. The third-order valence-corrected chi connectivity index (χ3v) is 7.08. The smallest absolute Gasteiger partial charge is 0.407 e. The molecule has 1 aromatic carbocycles. The maximum Gasteiger partial charge on any atom is 0.407 e. The number of rotatable bonds is 8. The van der Waals surface area contributed by atoms with Gasteiger partial charge in [0.15, 0.2) is 0 Å². The summed E-state index contributed by atoms with van der Waals surface area (Å²) in [4.78, 5) is 25.8. The largest absolute Gasteiger partial charge is 0.497 e. The van der Waals surface area contributed by atoms with E-state index in [-0.39, 0.29) is 25.0 Å². The van der Waals surface area contributed by atoms with Crippen LogP contribution in [0, 0.1) is 18.3 Å². The number of methoxy groups -OCH3 is 1. The van der Waals surface area contributed by atoms with E-state index in [1.807, 2.05) is 24.3 Å². The van der Waals surface area contributed by atoms with Crippen molar-refractivity contribution in [3.05, 3.63) is 63.4 Å². The fraction of sp³-hybridized carbons (Fsp3) is 0.360. The van der Waals surface area contributed by atoms with Gasteiger partial charge in [-0.3, -0.25) is 4.79 Å². The Balaban J connectivity index is 1.32. The lowest BCUT2D eigenvalue weighted by molar-refractivity contribution is -0.116. The molecule has 1 aliphatic rings. The third-order valence-electron chi connectivity index (χ3n) is 5.91. The van der Waals surface area contributed by atoms with Crippen LogP contribution < -0.4 is 15.4 Å². The van der Waals surface area contributed by atoms with Crippen LogP contribution in [0.15, 0.2) is 35.0 Å². The first-order valence-electron chi connectivity index (χ1n) is 11.3. The summed E-state index contributed by atoms with van der Waals surface area (Å²) >= 11 is 1.38. The predicted octanol–water partition coefficient (Wildman–Crippen LogP) is 4.28. The number of hydrogen-bond acceptors (Lipinski definition) is 8. The van der Waals surface area contributed by atoms with Crippen molar-refractivity contribution in [2.45, 2.75) is 51.7 Å². The van der Waals surface area contributed by atoms with Gasteiger partial charge in [-0.25, -0.2) is 4.79 Å². The van der Waals surface area contributed by atoms with Crippen molar-refractivity contribution in [3.63, 3.8) is 0 Å². The minimum absolute atomic E-state index is 0.154. The lowest BCUT2D eigenvalue weighted by Gasteiger charge is -2.22. The van der Waals surface area contributed by atoms with E-state index >= 15 is 0 Å². The molecule has 9 nitrogen and oxygen atoms in total. The van der Waals surface area contributed by atoms with Crippen LogP contribution in [-0.2, 0) is 35.3 Å². The molecular formula is C25H26N4O5S. The molecule has 0 spiro atoms. The number of nitriles is 1. The highest BCUT2D eigenvalue weighted by Crippen LogP contribution is 2.38. The molecule has 2 aromatic heterocycles. The molecular weight excluding hydrogens is 468 g/mol. The summed E-state index contributed by atoms with van der Waals surface area (Å²) in [7, 11) is 1.61. The maximum atomic E-state index is 12.6. The third kappa shape index (κ3) is 6.00. The van der Waals surface area contributed by atoms with E-state index in [2.05, 4.69) is 21.9 Å². The van der Waals surface area contributed by atoms with E-state index in [1.54, 1.807) is 20.2 Å². The van der Waals surface area contributed by atoms with Crippen molar-refractivity contribution in [2.24, 2.45) is 0 Å². The number of nitrogens with zero attached hydrogens (tertiary/aromatic N) is 2. The molecule has 4 rings (SSSR count). The van der Waals surface area contributed by atoms with E-state index in [4.69, 9.17) is 14.0 Å². The van der Waals surface area contributed by atoms with Gasteiger partial charge >= 0.3 is 6.09 Å². The Labute approximate surface area is 207 Å². The van der Waals surface area contributed by atoms with Gasteiger partial charge in [-0.15, -0.1) is 11.3 Å². The van der Waals surface area contributed by atoms with Crippen LogP contribution in [-0.4, -0.2) is 30.4 Å². The molecule has 2 N–H and O–H groups in total. The van der Waals surface area contributed by atoms with Gasteiger partial charge < -0.3 is 24.6 Å². The molecule has 1 aliphatic carbocycles. The van der Waals surface area contributed by atoms with Crippen LogP contribution in [0.3, 0.4) is 0 Å². The van der Waals surface area contributed by atoms with Gasteiger partial charge in [-0.1, -0.05) is 17.3 Å². The van der Waals surface area contributed by atoms with Gasteiger partial charge in [0.1, 0.15) is 28.7 Å². The molecule has 35 heavy (non-hydrogen) atoms. The van der Waals surface area contributed by atoms with Crippen molar-refractivity contribution in [1.82, 2.24) is 10.5 Å². The Kier molecular flexibility index (Phi) is 7.67. The molecule has 2 heterocycles. The number of nitrogens with one attached hydrogen (secondary N) is 2. The van der Waals surface area contributed by atoms with Crippen LogP contribution in [0.2, 0.25) is 0 Å². The number of benzene rings is 1. The number of ether oxygens (including phenoxy) is 2. The highest BCUT2D eigenvalue weighted by Gasteiger charge is 2.28. The Bertz CT molecular complexity index is 1260. The van der Waals surface area contributed by atoms with Crippen LogP contribution in [0.5, 0.6) is 5.75 Å². The van der Waals surface area contributed by atoms with Crippen LogP contribution in [0.25, 0.3) is 0 Å². The Morgan fingerprint density at radius 1 is 1.37 bits per heavy atom. The number of aryl methyl sites for hydroxylation is 2. The first-order valence-corrected chi connectivity index (χ1v) is 12.1. The number of aromatic nitrogens is 1. The van der Waals surface area contributed by atoms with Gasteiger partial charge in [0.05, 0.1) is 25.4 Å². The van der Waals surface area contributed by atoms with Crippen molar-refractivity contribution in [2.75, 3.05) is 12.4 Å². The Morgan fingerprint density at radius 2 is 2.23 bits per heavy atom. The van der Waals surface area contributed by atoms with E-state index in [9.17, 15) is 14.9 Å². The number of anilines is 1. The molecule has 182 valence electrons. The summed E-state index contributed by atoms with van der Waals surface area (Å²) in [5.41, 5.74) is 3.23. The van der Waals surface area contributed by atoms with Gasteiger partial charge in [0, 0.05) is 23.3 Å². The average molecular weight is 495 g/mol. The van der Waals surface area contributed by atoms with Crippen molar-refractivity contribution in [3.8, 4) is 11.8 Å². The molecule has 0 saturated heterocycles. The van der Waals surface area contributed by atoms with Gasteiger partial charge in [-0.2, -0.15) is 5.26 Å². The Morgan fingerprint density at radius 3 is 2.97 bits per heavy atom. The maximum absolute atomic E-state index is 12.6. The monoisotopic (exact) mass is 494 g/mol. The molecule has 0 bridgehead atoms. The second kappa shape index (κ2) is 11.1. The lowest BCUT2D eigenvalue weighted by Crippen LogP contribution is -2.31.